The van der Waals surface area contributed by atoms with Gasteiger partial charge in [-0.2, -0.15) is 0 Å². The SMILES string of the molecule is O=C(C1CCCO1)N(Cc1cc2ccccc2o1)c1ccccc1. The van der Waals surface area contributed by atoms with Gasteiger partial charge in [0.25, 0.3) is 5.91 Å². The van der Waals surface area contributed by atoms with Crippen LogP contribution in [0.15, 0.2) is 65.1 Å². The maximum absolute atomic E-state index is 12.9. The molecule has 4 nitrogen and oxygen atoms in total. The van der Waals surface area contributed by atoms with Crippen molar-refractivity contribution in [3.8, 4) is 0 Å². The fraction of sp³-hybridized carbons (Fsp3) is 0.250. The highest BCUT2D eigenvalue weighted by Gasteiger charge is 2.29. The van der Waals surface area contributed by atoms with Gasteiger partial charge in [-0.05, 0) is 37.1 Å². The molecule has 0 bridgehead atoms. The quantitative estimate of drug-likeness (QED) is 0.725. The van der Waals surface area contributed by atoms with Crippen molar-refractivity contribution in [2.24, 2.45) is 0 Å². The normalized spacial score (nSPS) is 17.2. The Kier molecular flexibility index (Phi) is 4.05. The largest absolute Gasteiger partial charge is 0.459 e. The predicted molar refractivity (Wildman–Crippen MR) is 92.8 cm³/mol. The van der Waals surface area contributed by atoms with Crippen LogP contribution in [0.3, 0.4) is 0 Å². The first-order chi connectivity index (χ1) is 11.8. The molecule has 1 fully saturated rings. The number of benzene rings is 2. The standard InChI is InChI=1S/C20H19NO3/c22-20(19-11-6-12-23-19)21(16-8-2-1-3-9-16)14-17-13-15-7-4-5-10-18(15)24-17/h1-5,7-10,13,19H,6,11-12,14H2. The third-order valence-electron chi connectivity index (χ3n) is 4.33. The number of hydrogen-bond donors (Lipinski definition) is 0. The minimum absolute atomic E-state index is 0.000781. The Balaban J connectivity index is 1.65. The number of furan rings is 1. The number of ether oxygens (including phenoxy) is 1. The lowest BCUT2D eigenvalue weighted by Gasteiger charge is -2.24. The fourth-order valence-electron chi connectivity index (χ4n) is 3.12. The highest BCUT2D eigenvalue weighted by molar-refractivity contribution is 5.96. The van der Waals surface area contributed by atoms with Gasteiger partial charge in [-0.25, -0.2) is 0 Å². The van der Waals surface area contributed by atoms with Gasteiger partial charge in [-0.1, -0.05) is 36.4 Å². The average molecular weight is 321 g/mol. The minimum atomic E-state index is -0.352. The molecule has 1 unspecified atom stereocenters. The van der Waals surface area contributed by atoms with Crippen molar-refractivity contribution in [3.63, 3.8) is 0 Å². The van der Waals surface area contributed by atoms with Gasteiger partial charge < -0.3 is 14.1 Å². The third-order valence-corrected chi connectivity index (χ3v) is 4.33. The smallest absolute Gasteiger partial charge is 0.256 e. The number of para-hydroxylation sites is 2. The molecule has 1 aliphatic heterocycles. The zero-order chi connectivity index (χ0) is 16.4. The zero-order valence-corrected chi connectivity index (χ0v) is 13.4. The maximum Gasteiger partial charge on any atom is 0.256 e. The van der Waals surface area contributed by atoms with Crippen molar-refractivity contribution in [3.05, 3.63) is 66.4 Å². The second-order valence-electron chi connectivity index (χ2n) is 6.01. The lowest BCUT2D eigenvalue weighted by atomic mass is 10.2. The number of carbonyl (C=O) groups is 1. The first-order valence-corrected chi connectivity index (χ1v) is 8.27. The van der Waals surface area contributed by atoms with Gasteiger partial charge in [0.05, 0.1) is 6.54 Å². The number of amides is 1. The molecule has 0 spiro atoms. The van der Waals surface area contributed by atoms with E-state index >= 15 is 0 Å². The van der Waals surface area contributed by atoms with Crippen LogP contribution in [0.2, 0.25) is 0 Å². The summed E-state index contributed by atoms with van der Waals surface area (Å²) in [6.45, 7) is 1.06. The zero-order valence-electron chi connectivity index (χ0n) is 13.4. The Labute approximate surface area is 140 Å². The van der Waals surface area contributed by atoms with Gasteiger partial charge in [0.2, 0.25) is 0 Å². The molecule has 3 aromatic rings. The first kappa shape index (κ1) is 15.0. The topological polar surface area (TPSA) is 42.7 Å². The van der Waals surface area contributed by atoms with Gasteiger partial charge in [0.1, 0.15) is 17.4 Å². The Hall–Kier alpha value is -2.59. The Morgan fingerprint density at radius 1 is 1.08 bits per heavy atom. The Bertz CT molecular complexity index is 801. The summed E-state index contributed by atoms with van der Waals surface area (Å²) < 4.78 is 11.5. The molecule has 1 atom stereocenters. The number of hydrogen-bond acceptors (Lipinski definition) is 3. The van der Waals surface area contributed by atoms with E-state index in [-0.39, 0.29) is 12.0 Å². The van der Waals surface area contributed by atoms with Gasteiger partial charge in [0, 0.05) is 17.7 Å². The molecule has 1 aromatic heterocycles. The van der Waals surface area contributed by atoms with Gasteiger partial charge in [-0.3, -0.25) is 4.79 Å². The highest BCUT2D eigenvalue weighted by atomic mass is 16.5. The van der Waals surface area contributed by atoms with Crippen LogP contribution in [0.5, 0.6) is 0 Å². The number of nitrogens with zero attached hydrogens (tertiary/aromatic N) is 1. The molecule has 4 heteroatoms. The van der Waals surface area contributed by atoms with E-state index < -0.39 is 0 Å². The molecule has 0 radical (unpaired) electrons. The van der Waals surface area contributed by atoms with Crippen LogP contribution in [0.25, 0.3) is 11.0 Å². The van der Waals surface area contributed by atoms with Crippen molar-refractivity contribution < 1.29 is 13.9 Å². The molecule has 0 saturated carbocycles. The lowest BCUT2D eigenvalue weighted by Crippen LogP contribution is -2.38. The van der Waals surface area contributed by atoms with Crippen LogP contribution in [-0.2, 0) is 16.1 Å². The molecule has 1 saturated heterocycles. The van der Waals surface area contributed by atoms with Crippen LogP contribution in [0.1, 0.15) is 18.6 Å². The van der Waals surface area contributed by atoms with Gasteiger partial charge in [0.15, 0.2) is 0 Å². The van der Waals surface area contributed by atoms with E-state index in [2.05, 4.69) is 0 Å². The molecule has 0 aliphatic carbocycles. The molecule has 1 amide bonds. The van der Waals surface area contributed by atoms with E-state index in [1.54, 1.807) is 4.90 Å². The Morgan fingerprint density at radius 2 is 1.88 bits per heavy atom. The molecular formula is C20H19NO3. The van der Waals surface area contributed by atoms with Crippen molar-refractivity contribution in [2.45, 2.75) is 25.5 Å². The van der Waals surface area contributed by atoms with Crippen LogP contribution >= 0.6 is 0 Å². The molecule has 0 N–H and O–H groups in total. The number of fused-ring (bicyclic) bond motifs is 1. The van der Waals surface area contributed by atoms with Crippen molar-refractivity contribution in [1.82, 2.24) is 0 Å². The summed E-state index contributed by atoms with van der Waals surface area (Å²) in [5.74, 6) is 0.769. The van der Waals surface area contributed by atoms with E-state index in [1.165, 1.54) is 0 Å². The second kappa shape index (κ2) is 6.49. The number of carbonyl (C=O) groups excluding carboxylic acids is 1. The first-order valence-electron chi connectivity index (χ1n) is 8.27. The second-order valence-corrected chi connectivity index (χ2v) is 6.01. The summed E-state index contributed by atoms with van der Waals surface area (Å²) in [5, 5.41) is 1.05. The summed E-state index contributed by atoms with van der Waals surface area (Å²) >= 11 is 0. The Morgan fingerprint density at radius 3 is 2.62 bits per heavy atom. The predicted octanol–water partition coefficient (Wildman–Crippen LogP) is 4.15. The third kappa shape index (κ3) is 2.93. The minimum Gasteiger partial charge on any atom is -0.459 e. The molecule has 2 heterocycles. The molecule has 4 rings (SSSR count). The van der Waals surface area contributed by atoms with Crippen molar-refractivity contribution in [2.75, 3.05) is 11.5 Å². The lowest BCUT2D eigenvalue weighted by molar-refractivity contribution is -0.127. The molecular weight excluding hydrogens is 302 g/mol. The van der Waals surface area contributed by atoms with Gasteiger partial charge in [-0.15, -0.1) is 0 Å². The number of anilines is 1. The van der Waals surface area contributed by atoms with Gasteiger partial charge >= 0.3 is 0 Å². The maximum atomic E-state index is 12.9. The van der Waals surface area contributed by atoms with Crippen LogP contribution in [0.4, 0.5) is 5.69 Å². The van der Waals surface area contributed by atoms with E-state index in [4.69, 9.17) is 9.15 Å². The van der Waals surface area contributed by atoms with Crippen LogP contribution < -0.4 is 4.90 Å². The van der Waals surface area contributed by atoms with Crippen molar-refractivity contribution in [1.29, 1.82) is 0 Å². The molecule has 2 aromatic carbocycles. The summed E-state index contributed by atoms with van der Waals surface area (Å²) in [5.41, 5.74) is 1.70. The molecule has 24 heavy (non-hydrogen) atoms. The molecule has 1 aliphatic rings. The summed E-state index contributed by atoms with van der Waals surface area (Å²) in [6, 6.07) is 19.6. The molecule has 122 valence electrons. The van der Waals surface area contributed by atoms with Crippen molar-refractivity contribution >= 4 is 22.6 Å². The van der Waals surface area contributed by atoms with Crippen LogP contribution in [0, 0.1) is 0 Å². The highest BCUT2D eigenvalue weighted by Crippen LogP contribution is 2.25. The van der Waals surface area contributed by atoms with Crippen LogP contribution in [-0.4, -0.2) is 18.6 Å². The summed E-state index contributed by atoms with van der Waals surface area (Å²) in [7, 11) is 0. The van der Waals surface area contributed by atoms with E-state index in [9.17, 15) is 4.79 Å². The fourth-order valence-corrected chi connectivity index (χ4v) is 3.12. The number of rotatable bonds is 4. The van der Waals surface area contributed by atoms with E-state index in [0.717, 1.165) is 35.3 Å². The average Bonchev–Trinajstić information content (AvgIpc) is 3.29. The van der Waals surface area contributed by atoms with E-state index in [0.29, 0.717) is 13.2 Å². The summed E-state index contributed by atoms with van der Waals surface area (Å²) in [6.07, 6.45) is 1.36. The summed E-state index contributed by atoms with van der Waals surface area (Å²) in [4.78, 5) is 14.7. The van der Waals surface area contributed by atoms with E-state index in [1.807, 2.05) is 60.7 Å². The monoisotopic (exact) mass is 321 g/mol.